The molecule has 3 atom stereocenters. The molecule has 0 fully saturated rings. The highest BCUT2D eigenvalue weighted by molar-refractivity contribution is 5.93. The third kappa shape index (κ3) is 10.4. The molecule has 48 heavy (non-hydrogen) atoms. The van der Waals surface area contributed by atoms with E-state index in [1.165, 1.54) is 16.5 Å². The zero-order valence-electron chi connectivity index (χ0n) is 27.8. The number of carbonyl (C=O) groups excluding carboxylic acids is 5. The lowest BCUT2D eigenvalue weighted by Crippen LogP contribution is -2.54. The fraction of sp³-hybridized carbons (Fsp3) is 0.485. The quantitative estimate of drug-likeness (QED) is 0.298. The van der Waals surface area contributed by atoms with Crippen LogP contribution in [0.4, 0.5) is 0 Å². The van der Waals surface area contributed by atoms with Crippen molar-refractivity contribution in [3.8, 4) is 11.4 Å². The number of hydrogen-bond donors (Lipinski definition) is 4. The first-order chi connectivity index (χ1) is 23.0. The van der Waals surface area contributed by atoms with Crippen LogP contribution in [0, 0.1) is 5.92 Å². The molecule has 3 aromatic rings. The van der Waals surface area contributed by atoms with E-state index in [0.717, 1.165) is 5.56 Å². The minimum absolute atomic E-state index is 0.0568. The van der Waals surface area contributed by atoms with Gasteiger partial charge in [0.1, 0.15) is 24.5 Å². The first kappa shape index (κ1) is 35.6. The molecule has 4 rings (SSSR count). The molecule has 0 aliphatic carbocycles. The van der Waals surface area contributed by atoms with Crippen molar-refractivity contribution >= 4 is 29.5 Å². The van der Waals surface area contributed by atoms with Gasteiger partial charge in [-0.2, -0.15) is 5.10 Å². The summed E-state index contributed by atoms with van der Waals surface area (Å²) >= 11 is 0. The summed E-state index contributed by atoms with van der Waals surface area (Å²) in [6.07, 6.45) is 5.80. The number of nitrogens with one attached hydrogen (secondary N) is 4. The highest BCUT2D eigenvalue weighted by atomic mass is 16.2. The Hall–Kier alpha value is -5.21. The van der Waals surface area contributed by atoms with Crippen LogP contribution in [0.2, 0.25) is 0 Å². The second kappa shape index (κ2) is 17.1. The van der Waals surface area contributed by atoms with Crippen molar-refractivity contribution in [3.05, 3.63) is 60.4 Å². The van der Waals surface area contributed by atoms with E-state index >= 15 is 0 Å². The van der Waals surface area contributed by atoms with E-state index in [9.17, 15) is 24.0 Å². The third-order valence-corrected chi connectivity index (χ3v) is 7.71. The Morgan fingerprint density at radius 2 is 1.71 bits per heavy atom. The van der Waals surface area contributed by atoms with Gasteiger partial charge in [-0.1, -0.05) is 44.2 Å². The van der Waals surface area contributed by atoms with E-state index < -0.39 is 35.8 Å². The Morgan fingerprint density at radius 3 is 2.42 bits per heavy atom. The van der Waals surface area contributed by atoms with Crippen LogP contribution in [0.1, 0.15) is 64.5 Å². The summed E-state index contributed by atoms with van der Waals surface area (Å²) in [7, 11) is 0. The first-order valence-corrected chi connectivity index (χ1v) is 16.2. The summed E-state index contributed by atoms with van der Waals surface area (Å²) in [6.45, 7) is 7.08. The lowest BCUT2D eigenvalue weighted by atomic mass is 10.0. The summed E-state index contributed by atoms with van der Waals surface area (Å²) in [4.78, 5) is 80.4. The summed E-state index contributed by atoms with van der Waals surface area (Å²) in [6, 6.07) is 6.74. The zero-order valence-corrected chi connectivity index (χ0v) is 27.8. The number of hydrogen-bond acceptors (Lipinski definition) is 9. The molecule has 15 nitrogen and oxygen atoms in total. The Kier molecular flexibility index (Phi) is 12.7. The Bertz CT molecular complexity index is 1560. The second-order valence-corrected chi connectivity index (χ2v) is 12.2. The van der Waals surface area contributed by atoms with Crippen molar-refractivity contribution in [3.63, 3.8) is 0 Å². The highest BCUT2D eigenvalue weighted by Crippen LogP contribution is 2.19. The van der Waals surface area contributed by atoms with Crippen LogP contribution in [0.3, 0.4) is 0 Å². The Labute approximate surface area is 279 Å². The molecular formula is C33H44N10O5. The predicted molar refractivity (Wildman–Crippen MR) is 176 cm³/mol. The van der Waals surface area contributed by atoms with E-state index in [1.807, 2.05) is 44.2 Å². The van der Waals surface area contributed by atoms with Gasteiger partial charge in [-0.05, 0) is 39.0 Å². The van der Waals surface area contributed by atoms with Gasteiger partial charge < -0.3 is 26.2 Å². The zero-order chi connectivity index (χ0) is 34.6. The predicted octanol–water partition coefficient (Wildman–Crippen LogP) is 0.929. The second-order valence-electron chi connectivity index (χ2n) is 12.2. The summed E-state index contributed by atoms with van der Waals surface area (Å²) in [5.41, 5.74) is 1.39. The molecule has 0 radical (unpaired) electrons. The van der Waals surface area contributed by atoms with Gasteiger partial charge in [-0.15, -0.1) is 0 Å². The van der Waals surface area contributed by atoms with Gasteiger partial charge in [0.25, 0.3) is 0 Å². The Balaban J connectivity index is 1.58. The minimum Gasteiger partial charge on any atom is -0.354 e. The third-order valence-electron chi connectivity index (χ3n) is 7.71. The average Bonchev–Trinajstić information content (AvgIpc) is 3.48. The van der Waals surface area contributed by atoms with Crippen LogP contribution < -0.4 is 21.3 Å². The summed E-state index contributed by atoms with van der Waals surface area (Å²) < 4.78 is 1.46. The smallest absolute Gasteiger partial charge is 0.243 e. The largest absolute Gasteiger partial charge is 0.354 e. The number of nitrogens with zero attached hydrogens (tertiary/aromatic N) is 6. The number of amides is 5. The number of fused-ring (bicyclic) bond motifs is 1. The number of aromatic nitrogens is 5. The molecule has 0 saturated heterocycles. The fourth-order valence-corrected chi connectivity index (χ4v) is 5.24. The molecular weight excluding hydrogens is 616 g/mol. The molecule has 4 N–H and O–H groups in total. The highest BCUT2D eigenvalue weighted by Gasteiger charge is 2.29. The van der Waals surface area contributed by atoms with E-state index in [0.29, 0.717) is 36.6 Å². The van der Waals surface area contributed by atoms with Gasteiger partial charge in [0.2, 0.25) is 29.5 Å². The SMILES string of the molecule is CC(C)C[C@H]1NC(=O)[C@@H](C)NC(=O)CN(C(=O)CCc2cnccn2)CCCNC(=O)Cn2nc(-c3ccccc3)nc2[C@H](C)NC1=O. The molecule has 1 aliphatic heterocycles. The number of benzene rings is 1. The van der Waals surface area contributed by atoms with Crippen LogP contribution >= 0.6 is 0 Å². The lowest BCUT2D eigenvalue weighted by molar-refractivity contribution is -0.137. The van der Waals surface area contributed by atoms with Crippen molar-refractivity contribution in [1.82, 2.24) is 50.9 Å². The van der Waals surface area contributed by atoms with Crippen LogP contribution in [0.25, 0.3) is 11.4 Å². The van der Waals surface area contributed by atoms with E-state index in [4.69, 9.17) is 0 Å². The average molecular weight is 661 g/mol. The topological polar surface area (TPSA) is 193 Å². The maximum absolute atomic E-state index is 13.5. The molecule has 256 valence electrons. The van der Waals surface area contributed by atoms with Crippen LogP contribution in [-0.2, 0) is 36.9 Å². The first-order valence-electron chi connectivity index (χ1n) is 16.2. The van der Waals surface area contributed by atoms with Gasteiger partial charge in [0.15, 0.2) is 5.82 Å². The van der Waals surface area contributed by atoms with Crippen LogP contribution in [0.15, 0.2) is 48.9 Å². The monoisotopic (exact) mass is 660 g/mol. The minimum atomic E-state index is -0.980. The molecule has 5 amide bonds. The van der Waals surface area contributed by atoms with Crippen molar-refractivity contribution < 1.29 is 24.0 Å². The summed E-state index contributed by atoms with van der Waals surface area (Å²) in [5.74, 6) is -1.32. The maximum Gasteiger partial charge on any atom is 0.243 e. The van der Waals surface area contributed by atoms with Crippen molar-refractivity contribution in [1.29, 1.82) is 0 Å². The van der Waals surface area contributed by atoms with Crippen LogP contribution in [0.5, 0.6) is 0 Å². The molecule has 15 heteroatoms. The summed E-state index contributed by atoms with van der Waals surface area (Å²) in [5, 5.41) is 15.8. The van der Waals surface area contributed by atoms with Crippen molar-refractivity contribution in [2.45, 2.75) is 78.0 Å². The van der Waals surface area contributed by atoms with Gasteiger partial charge in [0.05, 0.1) is 18.3 Å². The van der Waals surface area contributed by atoms with E-state index in [-0.39, 0.29) is 50.3 Å². The maximum atomic E-state index is 13.5. The van der Waals surface area contributed by atoms with Gasteiger partial charge in [-0.25, -0.2) is 9.67 Å². The number of rotatable bonds is 6. The molecule has 2 aromatic heterocycles. The molecule has 1 aromatic carbocycles. The fourth-order valence-electron chi connectivity index (χ4n) is 5.24. The van der Waals surface area contributed by atoms with E-state index in [1.54, 1.807) is 25.5 Å². The normalized spacial score (nSPS) is 20.4. The molecule has 0 saturated carbocycles. The standard InChI is InChI=1S/C33H44N10O5/c1-21(2)17-26-33(48)38-22(3)31-40-30(24-9-6-5-7-10-24)41-43(31)20-27(44)36-13-8-16-42(19-28(45)37-23(4)32(47)39-26)29(46)12-11-25-18-34-14-15-35-25/h5-7,9-10,14-15,18,21-23,26H,8,11-13,16-17,19-20H2,1-4H3,(H,36,44)(H,37,45)(H,38,48)(H,39,47)/t22-,23+,26+/m0/s1. The number of carbonyl (C=O) groups is 5. The van der Waals surface area contributed by atoms with Crippen molar-refractivity contribution in [2.24, 2.45) is 5.92 Å². The molecule has 1 aliphatic rings. The van der Waals surface area contributed by atoms with Crippen LogP contribution in [-0.4, -0.2) is 90.9 Å². The molecule has 0 bridgehead atoms. The van der Waals surface area contributed by atoms with Crippen molar-refractivity contribution in [2.75, 3.05) is 19.6 Å². The van der Waals surface area contributed by atoms with E-state index in [2.05, 4.69) is 41.3 Å². The van der Waals surface area contributed by atoms with Gasteiger partial charge in [-0.3, -0.25) is 33.9 Å². The van der Waals surface area contributed by atoms with Gasteiger partial charge >= 0.3 is 0 Å². The molecule has 3 heterocycles. The molecule has 0 unspecified atom stereocenters. The van der Waals surface area contributed by atoms with Gasteiger partial charge in [0, 0.05) is 43.7 Å². The number of aryl methyl sites for hydroxylation is 1. The molecule has 0 spiro atoms. The lowest BCUT2D eigenvalue weighted by Gasteiger charge is -2.25. The Morgan fingerprint density at radius 1 is 0.938 bits per heavy atom.